The second kappa shape index (κ2) is 6.94. The van der Waals surface area contributed by atoms with E-state index in [2.05, 4.69) is 12.2 Å². The minimum Gasteiger partial charge on any atom is -0.389 e. The molecule has 1 aliphatic rings. The van der Waals surface area contributed by atoms with Gasteiger partial charge in [0.2, 0.25) is 0 Å². The number of carbonyl (C=O) groups excluding carboxylic acids is 1. The zero-order valence-electron chi connectivity index (χ0n) is 13.2. The van der Waals surface area contributed by atoms with E-state index in [0.717, 1.165) is 30.0 Å². The maximum absolute atomic E-state index is 12.3. The first-order valence-corrected chi connectivity index (χ1v) is 7.79. The predicted octanol–water partition coefficient (Wildman–Crippen LogP) is 3.78. The molecule has 0 spiro atoms. The maximum Gasteiger partial charge on any atom is 0.321 e. The summed E-state index contributed by atoms with van der Waals surface area (Å²) in [5.74, 6) is 0.783. The minimum atomic E-state index is -0.485. The number of nitrogens with one attached hydrogen (secondary N) is 1. The Morgan fingerprint density at radius 1 is 1.24 bits per heavy atom. The third-order valence-electron chi connectivity index (χ3n) is 4.50. The zero-order chi connectivity index (χ0) is 15.4. The van der Waals surface area contributed by atoms with Crippen molar-refractivity contribution in [1.29, 1.82) is 0 Å². The third-order valence-corrected chi connectivity index (χ3v) is 4.50. The number of aliphatic hydroxyl groups is 1. The van der Waals surface area contributed by atoms with Gasteiger partial charge < -0.3 is 15.3 Å². The van der Waals surface area contributed by atoms with Crippen molar-refractivity contribution in [2.24, 2.45) is 5.92 Å². The summed E-state index contributed by atoms with van der Waals surface area (Å²) in [7, 11) is 1.88. The Kier molecular flexibility index (Phi) is 5.23. The second-order valence-electron chi connectivity index (χ2n) is 6.25. The first-order chi connectivity index (χ1) is 9.97. The van der Waals surface area contributed by atoms with Crippen molar-refractivity contribution in [3.8, 4) is 0 Å². The Labute approximate surface area is 127 Å². The monoisotopic (exact) mass is 290 g/mol. The SMILES string of the molecule is CC1CCC(N(C)C(=O)Nc2ccc(C(C)O)cc2)CC1. The number of amides is 2. The normalized spacial score (nSPS) is 23.4. The van der Waals surface area contributed by atoms with Gasteiger partial charge in [-0.25, -0.2) is 4.79 Å². The van der Waals surface area contributed by atoms with Gasteiger partial charge >= 0.3 is 6.03 Å². The zero-order valence-corrected chi connectivity index (χ0v) is 13.2. The maximum atomic E-state index is 12.3. The van der Waals surface area contributed by atoms with Gasteiger partial charge in [0.1, 0.15) is 0 Å². The van der Waals surface area contributed by atoms with E-state index in [0.29, 0.717) is 6.04 Å². The van der Waals surface area contributed by atoms with Crippen molar-refractivity contribution in [2.75, 3.05) is 12.4 Å². The van der Waals surface area contributed by atoms with E-state index >= 15 is 0 Å². The van der Waals surface area contributed by atoms with Gasteiger partial charge in [-0.05, 0) is 56.2 Å². The summed E-state index contributed by atoms with van der Waals surface area (Å²) in [6, 6.07) is 7.62. The molecule has 1 aromatic rings. The third kappa shape index (κ3) is 4.21. The van der Waals surface area contributed by atoms with E-state index < -0.39 is 6.10 Å². The standard InChI is InChI=1S/C17H26N2O2/c1-12-4-10-16(11-5-12)19(3)17(21)18-15-8-6-14(7-9-15)13(2)20/h6-9,12-13,16,20H,4-5,10-11H2,1-3H3,(H,18,21). The molecule has 21 heavy (non-hydrogen) atoms. The highest BCUT2D eigenvalue weighted by molar-refractivity contribution is 5.89. The lowest BCUT2D eigenvalue weighted by Crippen LogP contribution is -2.41. The topological polar surface area (TPSA) is 52.6 Å². The summed E-state index contributed by atoms with van der Waals surface area (Å²) in [5.41, 5.74) is 1.61. The van der Waals surface area contributed by atoms with Crippen LogP contribution in [0.4, 0.5) is 10.5 Å². The molecule has 1 unspecified atom stereocenters. The number of urea groups is 1. The van der Waals surface area contributed by atoms with Crippen LogP contribution in [0.15, 0.2) is 24.3 Å². The van der Waals surface area contributed by atoms with Gasteiger partial charge in [-0.2, -0.15) is 0 Å². The smallest absolute Gasteiger partial charge is 0.321 e. The molecule has 2 amide bonds. The number of aliphatic hydroxyl groups excluding tert-OH is 1. The molecule has 0 saturated heterocycles. The van der Waals surface area contributed by atoms with Crippen LogP contribution in [0.1, 0.15) is 51.2 Å². The molecule has 0 radical (unpaired) electrons. The molecule has 0 bridgehead atoms. The Morgan fingerprint density at radius 3 is 2.33 bits per heavy atom. The fourth-order valence-electron chi connectivity index (χ4n) is 2.85. The molecule has 4 heteroatoms. The fraction of sp³-hybridized carbons (Fsp3) is 0.588. The largest absolute Gasteiger partial charge is 0.389 e. The summed E-state index contributed by atoms with van der Waals surface area (Å²) in [6.45, 7) is 4.01. The molecular weight excluding hydrogens is 264 g/mol. The van der Waals surface area contributed by atoms with E-state index in [1.807, 2.05) is 36.2 Å². The van der Waals surface area contributed by atoms with Gasteiger partial charge in [-0.1, -0.05) is 19.1 Å². The summed E-state index contributed by atoms with van der Waals surface area (Å²) < 4.78 is 0. The van der Waals surface area contributed by atoms with Crippen molar-refractivity contribution >= 4 is 11.7 Å². The van der Waals surface area contributed by atoms with E-state index in [4.69, 9.17) is 0 Å². The van der Waals surface area contributed by atoms with Crippen LogP contribution < -0.4 is 5.32 Å². The van der Waals surface area contributed by atoms with Crippen LogP contribution in [-0.4, -0.2) is 29.1 Å². The predicted molar refractivity (Wildman–Crippen MR) is 85.3 cm³/mol. The number of carbonyl (C=O) groups is 1. The number of hydrogen-bond acceptors (Lipinski definition) is 2. The highest BCUT2D eigenvalue weighted by atomic mass is 16.3. The molecule has 116 valence electrons. The molecule has 2 N–H and O–H groups in total. The second-order valence-corrected chi connectivity index (χ2v) is 6.25. The Morgan fingerprint density at radius 2 is 1.81 bits per heavy atom. The first-order valence-electron chi connectivity index (χ1n) is 7.79. The van der Waals surface area contributed by atoms with Crippen LogP contribution in [0.25, 0.3) is 0 Å². The Balaban J connectivity index is 1.91. The van der Waals surface area contributed by atoms with Crippen LogP contribution in [-0.2, 0) is 0 Å². The van der Waals surface area contributed by atoms with Crippen LogP contribution in [0.2, 0.25) is 0 Å². The summed E-state index contributed by atoms with van der Waals surface area (Å²) >= 11 is 0. The highest BCUT2D eigenvalue weighted by Gasteiger charge is 2.24. The van der Waals surface area contributed by atoms with Gasteiger partial charge in [0, 0.05) is 18.8 Å². The van der Waals surface area contributed by atoms with Crippen LogP contribution in [0, 0.1) is 5.92 Å². The van der Waals surface area contributed by atoms with E-state index in [-0.39, 0.29) is 6.03 Å². The molecule has 1 saturated carbocycles. The van der Waals surface area contributed by atoms with Gasteiger partial charge in [-0.15, -0.1) is 0 Å². The first kappa shape index (κ1) is 15.8. The highest BCUT2D eigenvalue weighted by Crippen LogP contribution is 2.26. The molecule has 4 nitrogen and oxygen atoms in total. The average Bonchev–Trinajstić information content (AvgIpc) is 2.47. The Bertz CT molecular complexity index is 462. The lowest BCUT2D eigenvalue weighted by atomic mass is 9.87. The Hall–Kier alpha value is -1.55. The number of rotatable bonds is 3. The van der Waals surface area contributed by atoms with E-state index in [1.54, 1.807) is 6.92 Å². The molecule has 1 aliphatic carbocycles. The molecule has 1 atom stereocenters. The lowest BCUT2D eigenvalue weighted by molar-refractivity contribution is 0.175. The number of nitrogens with zero attached hydrogens (tertiary/aromatic N) is 1. The molecule has 1 aromatic carbocycles. The van der Waals surface area contributed by atoms with Gasteiger partial charge in [0.25, 0.3) is 0 Å². The van der Waals surface area contributed by atoms with Crippen LogP contribution in [0.3, 0.4) is 0 Å². The molecular formula is C17H26N2O2. The lowest BCUT2D eigenvalue weighted by Gasteiger charge is -2.33. The number of hydrogen-bond donors (Lipinski definition) is 2. The average molecular weight is 290 g/mol. The van der Waals surface area contributed by atoms with E-state index in [9.17, 15) is 9.90 Å². The molecule has 0 aliphatic heterocycles. The summed E-state index contributed by atoms with van der Waals surface area (Å²) in [6.07, 6.45) is 4.09. The molecule has 1 fully saturated rings. The summed E-state index contributed by atoms with van der Waals surface area (Å²) in [4.78, 5) is 14.1. The molecule has 0 heterocycles. The van der Waals surface area contributed by atoms with Crippen molar-refractivity contribution in [3.05, 3.63) is 29.8 Å². The van der Waals surface area contributed by atoms with Crippen molar-refractivity contribution in [2.45, 2.75) is 51.7 Å². The number of benzene rings is 1. The van der Waals surface area contributed by atoms with Crippen LogP contribution in [0.5, 0.6) is 0 Å². The van der Waals surface area contributed by atoms with Gasteiger partial charge in [-0.3, -0.25) is 0 Å². The van der Waals surface area contributed by atoms with Crippen LogP contribution >= 0.6 is 0 Å². The summed E-state index contributed by atoms with van der Waals surface area (Å²) in [5, 5.41) is 12.4. The van der Waals surface area contributed by atoms with Crippen molar-refractivity contribution in [3.63, 3.8) is 0 Å². The van der Waals surface area contributed by atoms with Gasteiger partial charge in [0.05, 0.1) is 6.10 Å². The molecule has 0 aromatic heterocycles. The fourth-order valence-corrected chi connectivity index (χ4v) is 2.85. The molecule has 2 rings (SSSR count). The minimum absolute atomic E-state index is 0.0562. The van der Waals surface area contributed by atoms with Crippen molar-refractivity contribution in [1.82, 2.24) is 4.90 Å². The number of anilines is 1. The quantitative estimate of drug-likeness (QED) is 0.890. The van der Waals surface area contributed by atoms with Gasteiger partial charge in [0.15, 0.2) is 0 Å². The van der Waals surface area contributed by atoms with E-state index in [1.165, 1.54) is 12.8 Å². The van der Waals surface area contributed by atoms with Crippen molar-refractivity contribution < 1.29 is 9.90 Å².